The minimum absolute atomic E-state index is 0.122. The number of ether oxygens (including phenoxy) is 2. The van der Waals surface area contributed by atoms with E-state index in [4.69, 9.17) is 9.47 Å². The Balaban J connectivity index is 2.12. The third kappa shape index (κ3) is 5.40. The molecule has 4 aliphatic rings. The van der Waals surface area contributed by atoms with Crippen molar-refractivity contribution in [3.05, 3.63) is 46.6 Å². The van der Waals surface area contributed by atoms with Gasteiger partial charge < -0.3 is 9.47 Å². The lowest BCUT2D eigenvalue weighted by Gasteiger charge is -2.46. The standard InChI is InChI=1S/C34H50O4S2/c1-27(2,3)21-15-32(16-22(25(21)35)28(4,5)6)33(40-34(39-32)19-37-31(13,14)38-20-34)17-23(29(7,8)9)26(36)24(18-33)30(10,11)12/h15-18H,19-20H2,1-14H3. The Bertz CT molecular complexity index is 1080. The number of thioether (sulfide) groups is 2. The largest absolute Gasteiger partial charge is 0.348 e. The van der Waals surface area contributed by atoms with Crippen LogP contribution in [0.3, 0.4) is 0 Å². The molecule has 0 amide bonds. The zero-order valence-electron chi connectivity index (χ0n) is 27.2. The monoisotopic (exact) mass is 586 g/mol. The first-order chi connectivity index (χ1) is 17.8. The summed E-state index contributed by atoms with van der Waals surface area (Å²) in [5.74, 6) is -0.411. The van der Waals surface area contributed by atoms with Crippen LogP contribution in [0.2, 0.25) is 0 Å². The second-order valence-electron chi connectivity index (χ2n) is 16.6. The van der Waals surface area contributed by atoms with E-state index < -0.39 is 19.4 Å². The van der Waals surface area contributed by atoms with Gasteiger partial charge in [0.15, 0.2) is 17.4 Å². The van der Waals surface area contributed by atoms with Gasteiger partial charge in [-0.25, -0.2) is 0 Å². The predicted molar refractivity (Wildman–Crippen MR) is 170 cm³/mol. The van der Waals surface area contributed by atoms with Gasteiger partial charge in [0.2, 0.25) is 0 Å². The lowest BCUT2D eigenvalue weighted by Crippen LogP contribution is -2.48. The molecule has 0 saturated carbocycles. The van der Waals surface area contributed by atoms with Crippen LogP contribution in [0, 0.1) is 21.7 Å². The van der Waals surface area contributed by atoms with E-state index in [1.54, 1.807) is 0 Å². The summed E-state index contributed by atoms with van der Waals surface area (Å²) in [5, 5.41) is 0. The van der Waals surface area contributed by atoms with E-state index in [9.17, 15) is 9.59 Å². The first-order valence-electron chi connectivity index (χ1n) is 14.5. The van der Waals surface area contributed by atoms with E-state index in [0.717, 1.165) is 22.3 Å². The summed E-state index contributed by atoms with van der Waals surface area (Å²) in [4.78, 5) is 28.2. The van der Waals surface area contributed by atoms with E-state index in [1.807, 2.05) is 37.4 Å². The molecule has 4 nitrogen and oxygen atoms in total. The smallest absolute Gasteiger partial charge is 0.185 e. The van der Waals surface area contributed by atoms with Gasteiger partial charge in [-0.15, -0.1) is 23.5 Å². The molecule has 0 N–H and O–H groups in total. The van der Waals surface area contributed by atoms with Crippen LogP contribution in [0.25, 0.3) is 0 Å². The molecule has 40 heavy (non-hydrogen) atoms. The molecule has 0 atom stereocenters. The lowest BCUT2D eigenvalue weighted by molar-refractivity contribution is -0.245. The maximum absolute atomic E-state index is 14.1. The fourth-order valence-corrected chi connectivity index (χ4v) is 10.1. The van der Waals surface area contributed by atoms with Crippen molar-refractivity contribution < 1.29 is 19.1 Å². The van der Waals surface area contributed by atoms with Gasteiger partial charge in [0.25, 0.3) is 0 Å². The first-order valence-corrected chi connectivity index (χ1v) is 16.1. The van der Waals surface area contributed by atoms with Crippen molar-refractivity contribution in [2.75, 3.05) is 13.2 Å². The topological polar surface area (TPSA) is 52.6 Å². The molecule has 4 rings (SSSR count). The molecule has 0 bridgehead atoms. The molecule has 3 spiro atoms. The number of Topliss-reactive ketones (excluding diaryl/α,β-unsaturated/α-hetero) is 2. The first kappa shape index (κ1) is 31.8. The molecule has 0 radical (unpaired) electrons. The molecule has 6 heteroatoms. The molecule has 2 heterocycles. The highest BCUT2D eigenvalue weighted by atomic mass is 32.2. The van der Waals surface area contributed by atoms with E-state index >= 15 is 0 Å². The molecular weight excluding hydrogens is 537 g/mol. The average Bonchev–Trinajstić information content (AvgIpc) is 2.99. The van der Waals surface area contributed by atoms with Gasteiger partial charge in [-0.2, -0.15) is 0 Å². The van der Waals surface area contributed by atoms with Gasteiger partial charge >= 0.3 is 0 Å². The molecule has 2 fully saturated rings. The number of ketones is 2. The van der Waals surface area contributed by atoms with Gasteiger partial charge in [-0.05, 0) is 35.5 Å². The molecule has 0 unspecified atom stereocenters. The van der Waals surface area contributed by atoms with Crippen molar-refractivity contribution in [3.8, 4) is 0 Å². The van der Waals surface area contributed by atoms with Gasteiger partial charge in [-0.1, -0.05) is 107 Å². The lowest BCUT2D eigenvalue weighted by atomic mass is 9.65. The average molecular weight is 587 g/mol. The van der Waals surface area contributed by atoms with Crippen LogP contribution in [0.5, 0.6) is 0 Å². The second-order valence-corrected chi connectivity index (χ2v) is 20.1. The highest BCUT2D eigenvalue weighted by Gasteiger charge is 2.66. The minimum Gasteiger partial charge on any atom is -0.348 e. The number of allylic oxidation sites excluding steroid dienone is 4. The molecule has 2 aliphatic heterocycles. The Morgan fingerprint density at radius 1 is 0.550 bits per heavy atom. The van der Waals surface area contributed by atoms with Crippen LogP contribution in [-0.2, 0) is 19.1 Å². The van der Waals surface area contributed by atoms with Crippen LogP contribution in [0.4, 0.5) is 0 Å². The third-order valence-corrected chi connectivity index (χ3v) is 11.9. The Morgan fingerprint density at radius 2 is 0.800 bits per heavy atom. The summed E-state index contributed by atoms with van der Waals surface area (Å²) < 4.78 is 10.9. The molecule has 0 aromatic rings. The SMILES string of the molecule is CC1(C)OCC2(CO1)SC1(C=C(C(C)(C)C)C(=O)C(C(C)(C)C)=C1)C1(C=C(C(C)(C)C)C(=O)C(C(C)(C)C)=C1)S2. The Morgan fingerprint density at radius 3 is 1.02 bits per heavy atom. The maximum atomic E-state index is 14.1. The summed E-state index contributed by atoms with van der Waals surface area (Å²) in [7, 11) is 0. The highest BCUT2D eigenvalue weighted by Crippen LogP contribution is 2.71. The fourth-order valence-electron chi connectivity index (χ4n) is 5.86. The molecule has 222 valence electrons. The third-order valence-electron chi connectivity index (χ3n) is 8.25. The van der Waals surface area contributed by atoms with Crippen LogP contribution in [0.15, 0.2) is 46.6 Å². The number of carbonyl (C=O) groups is 2. The Labute approximate surface area is 251 Å². The summed E-state index contributed by atoms with van der Waals surface area (Å²) in [6.07, 6.45) is 8.94. The Hall–Kier alpha value is -1.08. The predicted octanol–water partition coefficient (Wildman–Crippen LogP) is 8.48. The van der Waals surface area contributed by atoms with Crippen molar-refractivity contribution in [2.45, 2.75) is 116 Å². The minimum atomic E-state index is -0.655. The molecule has 2 saturated heterocycles. The van der Waals surface area contributed by atoms with Gasteiger partial charge in [0, 0.05) is 22.3 Å². The zero-order valence-corrected chi connectivity index (χ0v) is 28.8. The van der Waals surface area contributed by atoms with Crippen molar-refractivity contribution in [1.29, 1.82) is 0 Å². The van der Waals surface area contributed by atoms with Gasteiger partial charge in [-0.3, -0.25) is 9.59 Å². The van der Waals surface area contributed by atoms with Crippen LogP contribution in [0.1, 0.15) is 96.9 Å². The van der Waals surface area contributed by atoms with Crippen molar-refractivity contribution in [2.24, 2.45) is 21.7 Å². The number of fused-ring (bicyclic) bond motifs is 1. The summed E-state index contributed by atoms with van der Waals surface area (Å²) >= 11 is 3.68. The number of carbonyl (C=O) groups excluding carboxylic acids is 2. The number of hydrogen-bond acceptors (Lipinski definition) is 6. The maximum Gasteiger partial charge on any atom is 0.185 e. The van der Waals surface area contributed by atoms with Gasteiger partial charge in [0.05, 0.1) is 22.7 Å². The van der Waals surface area contributed by atoms with Crippen molar-refractivity contribution >= 4 is 35.1 Å². The van der Waals surface area contributed by atoms with Crippen LogP contribution >= 0.6 is 23.5 Å². The summed E-state index contributed by atoms with van der Waals surface area (Å²) in [5.41, 5.74) is 1.91. The van der Waals surface area contributed by atoms with E-state index in [0.29, 0.717) is 13.2 Å². The second kappa shape index (κ2) is 9.21. The van der Waals surface area contributed by atoms with Crippen molar-refractivity contribution in [1.82, 2.24) is 0 Å². The van der Waals surface area contributed by atoms with E-state index in [-0.39, 0.29) is 33.2 Å². The van der Waals surface area contributed by atoms with Gasteiger partial charge in [0.1, 0.15) is 4.08 Å². The van der Waals surface area contributed by atoms with Crippen molar-refractivity contribution in [3.63, 3.8) is 0 Å². The Kier molecular flexibility index (Phi) is 7.33. The van der Waals surface area contributed by atoms with E-state index in [2.05, 4.69) is 107 Å². The quantitative estimate of drug-likeness (QED) is 0.284. The normalized spacial score (nSPS) is 26.1. The molecule has 0 aromatic heterocycles. The molecule has 2 aliphatic carbocycles. The van der Waals surface area contributed by atoms with Crippen LogP contribution in [-0.4, -0.2) is 44.1 Å². The summed E-state index contributed by atoms with van der Waals surface area (Å²) in [6.45, 7) is 30.4. The highest BCUT2D eigenvalue weighted by molar-refractivity contribution is 8.23. The molecular formula is C34H50O4S2. The number of rotatable bonds is 0. The molecule has 0 aromatic carbocycles. The van der Waals surface area contributed by atoms with Crippen LogP contribution < -0.4 is 0 Å². The number of hydrogen-bond donors (Lipinski definition) is 0. The van der Waals surface area contributed by atoms with E-state index in [1.165, 1.54) is 0 Å². The zero-order chi connectivity index (χ0) is 30.5. The fraction of sp³-hybridized carbons (Fsp3) is 0.706. The summed E-state index contributed by atoms with van der Waals surface area (Å²) in [6, 6.07) is 0.